The monoisotopic (exact) mass is 508 g/mol. The molecule has 0 aromatic heterocycles. The molecule has 1 aliphatic rings. The van der Waals surface area contributed by atoms with Gasteiger partial charge < -0.3 is 4.74 Å². The summed E-state index contributed by atoms with van der Waals surface area (Å²) in [5.41, 5.74) is 2.42. The normalized spacial score (nSPS) is 13.4. The van der Waals surface area contributed by atoms with E-state index in [1.165, 1.54) is 12.1 Å². The van der Waals surface area contributed by atoms with Crippen molar-refractivity contribution < 1.29 is 35.5 Å². The smallest absolute Gasteiger partial charge is 0.399 e. The minimum atomic E-state index is -5.28. The third-order valence-corrected chi connectivity index (χ3v) is 6.23. The van der Waals surface area contributed by atoms with E-state index in [-0.39, 0.29) is 28.9 Å². The molecule has 0 fully saturated rings. The van der Waals surface area contributed by atoms with E-state index in [9.17, 15) is 26.3 Å². The van der Waals surface area contributed by atoms with E-state index in [1.54, 1.807) is 18.2 Å². The van der Waals surface area contributed by atoms with Crippen LogP contribution in [0.15, 0.2) is 42.5 Å². The highest BCUT2D eigenvalue weighted by molar-refractivity contribution is 5.85. The summed E-state index contributed by atoms with van der Waals surface area (Å²) >= 11 is 0. The Labute approximate surface area is 204 Å². The molecule has 0 amide bonds. The maximum Gasteiger partial charge on any atom is 0.573 e. The third-order valence-electron chi connectivity index (χ3n) is 6.23. The van der Waals surface area contributed by atoms with Crippen LogP contribution in [0.1, 0.15) is 54.9 Å². The summed E-state index contributed by atoms with van der Waals surface area (Å²) in [6, 6.07) is 9.17. The molecule has 0 saturated heterocycles. The van der Waals surface area contributed by atoms with Gasteiger partial charge in [-0.25, -0.2) is 17.6 Å². The number of rotatable bonds is 7. The van der Waals surface area contributed by atoms with E-state index in [1.807, 2.05) is 6.07 Å². The zero-order valence-electron chi connectivity index (χ0n) is 19.4. The summed E-state index contributed by atoms with van der Waals surface area (Å²) in [4.78, 5) is 0. The van der Waals surface area contributed by atoms with Crippen molar-refractivity contribution in [1.29, 1.82) is 0 Å². The maximum atomic E-state index is 15.3. The lowest BCUT2D eigenvalue weighted by molar-refractivity contribution is -0.276. The topological polar surface area (TPSA) is 9.23 Å². The summed E-state index contributed by atoms with van der Waals surface area (Å²) in [7, 11) is 0. The fraction of sp³-hybridized carbons (Fsp3) is 0.286. The first kappa shape index (κ1) is 25.8. The van der Waals surface area contributed by atoms with Crippen molar-refractivity contribution in [2.45, 2.75) is 51.8 Å². The van der Waals surface area contributed by atoms with E-state index in [2.05, 4.69) is 11.7 Å². The molecule has 1 aliphatic carbocycles. The van der Waals surface area contributed by atoms with Crippen LogP contribution in [0.25, 0.3) is 22.8 Å². The summed E-state index contributed by atoms with van der Waals surface area (Å²) in [6.07, 6.45) is 0.904. The van der Waals surface area contributed by atoms with Crippen LogP contribution in [-0.2, 0) is 12.8 Å². The predicted octanol–water partition coefficient (Wildman–Crippen LogP) is 9.03. The van der Waals surface area contributed by atoms with Crippen LogP contribution in [0.3, 0.4) is 0 Å². The van der Waals surface area contributed by atoms with Crippen LogP contribution in [0.4, 0.5) is 30.7 Å². The van der Waals surface area contributed by atoms with Crippen molar-refractivity contribution in [3.05, 3.63) is 88.0 Å². The van der Waals surface area contributed by atoms with Crippen molar-refractivity contribution in [3.63, 3.8) is 0 Å². The van der Waals surface area contributed by atoms with Crippen molar-refractivity contribution in [2.75, 3.05) is 0 Å². The van der Waals surface area contributed by atoms with Gasteiger partial charge in [-0.2, -0.15) is 0 Å². The SMILES string of the molecule is CCCCCc1ccc(C2=Cc3ccc(-c4cc(F)c(OC(F)(F)F)c(F)c4)c(F)c3CC2)c(F)c1. The Morgan fingerprint density at radius 3 is 2.14 bits per heavy atom. The van der Waals surface area contributed by atoms with Crippen LogP contribution in [0.2, 0.25) is 0 Å². The third kappa shape index (κ3) is 5.58. The van der Waals surface area contributed by atoms with Crippen LogP contribution in [0, 0.1) is 23.3 Å². The number of allylic oxidation sites excluding steroid dienone is 1. The number of benzene rings is 3. The van der Waals surface area contributed by atoms with Crippen LogP contribution >= 0.6 is 0 Å². The highest BCUT2D eigenvalue weighted by Crippen LogP contribution is 2.38. The first-order valence-corrected chi connectivity index (χ1v) is 11.6. The average Bonchev–Trinajstić information content (AvgIpc) is 2.81. The maximum absolute atomic E-state index is 15.3. The minimum absolute atomic E-state index is 0.162. The van der Waals surface area contributed by atoms with Gasteiger partial charge in [-0.3, -0.25) is 0 Å². The number of hydrogen-bond acceptors (Lipinski definition) is 1. The molecule has 0 spiro atoms. The standard InChI is InChI=1S/C28H23F7O/c1-2-3-4-5-16-6-9-20(23(29)12-16)17-7-10-21-18(13-17)8-11-22(26(21)32)19-14-24(30)27(25(31)15-19)36-28(33,34)35/h6,8-9,11-15H,2-5,7,10H2,1H3. The van der Waals surface area contributed by atoms with Gasteiger partial charge in [-0.15, -0.1) is 13.2 Å². The number of aryl methyl sites for hydroxylation is 1. The first-order valence-electron chi connectivity index (χ1n) is 11.6. The summed E-state index contributed by atoms with van der Waals surface area (Å²) in [5, 5.41) is 0. The molecule has 8 heteroatoms. The zero-order chi connectivity index (χ0) is 26.0. The molecule has 0 aliphatic heterocycles. The van der Waals surface area contributed by atoms with Crippen LogP contribution in [0.5, 0.6) is 5.75 Å². The van der Waals surface area contributed by atoms with Crippen LogP contribution in [-0.4, -0.2) is 6.36 Å². The molecule has 0 radical (unpaired) electrons. The van der Waals surface area contributed by atoms with E-state index in [4.69, 9.17) is 0 Å². The molecule has 0 heterocycles. The summed E-state index contributed by atoms with van der Waals surface area (Å²) in [5.74, 6) is -5.89. The predicted molar refractivity (Wildman–Crippen MR) is 124 cm³/mol. The molecular formula is C28H23F7O. The molecule has 190 valence electrons. The van der Waals surface area contributed by atoms with Crippen LogP contribution < -0.4 is 4.74 Å². The van der Waals surface area contributed by atoms with Gasteiger partial charge in [-0.05, 0) is 71.7 Å². The van der Waals surface area contributed by atoms with Gasteiger partial charge in [-0.1, -0.05) is 50.1 Å². The number of unbranched alkanes of at least 4 members (excludes halogenated alkanes) is 2. The number of fused-ring (bicyclic) bond motifs is 1. The van der Waals surface area contributed by atoms with Gasteiger partial charge in [0, 0.05) is 11.1 Å². The van der Waals surface area contributed by atoms with E-state index < -0.39 is 29.6 Å². The van der Waals surface area contributed by atoms with Gasteiger partial charge in [0.15, 0.2) is 11.6 Å². The lowest BCUT2D eigenvalue weighted by Crippen LogP contribution is -2.19. The zero-order valence-corrected chi connectivity index (χ0v) is 19.4. The van der Waals surface area contributed by atoms with Gasteiger partial charge in [0.2, 0.25) is 5.75 Å². The molecule has 0 unspecified atom stereocenters. The van der Waals surface area contributed by atoms with E-state index in [0.29, 0.717) is 35.3 Å². The molecule has 0 bridgehead atoms. The van der Waals surface area contributed by atoms with Gasteiger partial charge in [0.05, 0.1) is 0 Å². The second-order valence-corrected chi connectivity index (χ2v) is 8.75. The second kappa shape index (κ2) is 10.4. The molecular weight excluding hydrogens is 485 g/mol. The minimum Gasteiger partial charge on any atom is -0.399 e. The Bertz CT molecular complexity index is 1280. The number of hydrogen-bond donors (Lipinski definition) is 0. The number of halogens is 7. The molecule has 0 saturated carbocycles. The number of ether oxygens (including phenoxy) is 1. The van der Waals surface area contributed by atoms with E-state index >= 15 is 4.39 Å². The summed E-state index contributed by atoms with van der Waals surface area (Å²) in [6.45, 7) is 2.10. The highest BCUT2D eigenvalue weighted by atomic mass is 19.4. The van der Waals surface area contributed by atoms with Gasteiger partial charge in [0.25, 0.3) is 0 Å². The fourth-order valence-electron chi connectivity index (χ4n) is 4.46. The molecule has 36 heavy (non-hydrogen) atoms. The highest BCUT2D eigenvalue weighted by Gasteiger charge is 2.34. The molecule has 3 aromatic rings. The van der Waals surface area contributed by atoms with E-state index in [0.717, 1.165) is 31.2 Å². The quantitative estimate of drug-likeness (QED) is 0.229. The lowest BCUT2D eigenvalue weighted by atomic mass is 9.86. The van der Waals surface area contributed by atoms with Crippen molar-refractivity contribution in [1.82, 2.24) is 0 Å². The van der Waals surface area contributed by atoms with Gasteiger partial charge in [0.1, 0.15) is 11.6 Å². The molecule has 4 rings (SSSR count). The van der Waals surface area contributed by atoms with Crippen molar-refractivity contribution >= 4 is 11.6 Å². The molecule has 0 N–H and O–H groups in total. The Kier molecular flexibility index (Phi) is 7.43. The summed E-state index contributed by atoms with van der Waals surface area (Å²) < 4.78 is 99.0. The Morgan fingerprint density at radius 1 is 0.806 bits per heavy atom. The second-order valence-electron chi connectivity index (χ2n) is 8.75. The Balaban J connectivity index is 1.63. The first-order chi connectivity index (χ1) is 17.1. The van der Waals surface area contributed by atoms with Gasteiger partial charge >= 0.3 is 6.36 Å². The molecule has 0 atom stereocenters. The lowest BCUT2D eigenvalue weighted by Gasteiger charge is -2.20. The average molecular weight is 508 g/mol. The molecule has 1 nitrogen and oxygen atoms in total. The molecule has 3 aromatic carbocycles. The number of alkyl halides is 3. The van der Waals surface area contributed by atoms with Crippen molar-refractivity contribution in [2.24, 2.45) is 0 Å². The largest absolute Gasteiger partial charge is 0.573 e. The Morgan fingerprint density at radius 2 is 1.50 bits per heavy atom. The fourth-order valence-corrected chi connectivity index (χ4v) is 4.46. The Hall–Kier alpha value is -3.29. The van der Waals surface area contributed by atoms with Crippen molar-refractivity contribution in [3.8, 4) is 16.9 Å².